The van der Waals surface area contributed by atoms with Crippen LogP contribution in [0, 0.1) is 41.5 Å². The van der Waals surface area contributed by atoms with Gasteiger partial charge in [0, 0.05) is 11.4 Å². The van der Waals surface area contributed by atoms with Gasteiger partial charge in [0.1, 0.15) is 11.5 Å². The van der Waals surface area contributed by atoms with Crippen molar-refractivity contribution in [2.75, 3.05) is 10.6 Å². The van der Waals surface area contributed by atoms with Crippen LogP contribution in [0.5, 0.6) is 11.5 Å². The number of aryl methyl sites for hydroxylation is 6. The Kier molecular flexibility index (Phi) is 9.36. The minimum absolute atomic E-state index is 0.210. The fourth-order valence-corrected chi connectivity index (χ4v) is 4.59. The lowest BCUT2D eigenvalue weighted by Crippen LogP contribution is -2.30. The molecule has 218 valence electrons. The minimum Gasteiger partial charge on any atom is -0.481 e. The van der Waals surface area contributed by atoms with E-state index < -0.39 is 12.2 Å². The summed E-state index contributed by atoms with van der Waals surface area (Å²) in [6.45, 7) is 15.4. The summed E-state index contributed by atoms with van der Waals surface area (Å²) < 4.78 is 11.9. The van der Waals surface area contributed by atoms with Gasteiger partial charge in [0.25, 0.3) is 11.8 Å². The van der Waals surface area contributed by atoms with Crippen molar-refractivity contribution in [2.45, 2.75) is 67.6 Å². The number of ether oxygens (including phenoxy) is 2. The maximum absolute atomic E-state index is 12.9. The predicted molar refractivity (Wildman–Crippen MR) is 171 cm³/mol. The van der Waals surface area contributed by atoms with Gasteiger partial charge in [-0.15, -0.1) is 0 Å². The van der Waals surface area contributed by atoms with Gasteiger partial charge < -0.3 is 20.1 Å². The molecule has 4 rings (SSSR count). The molecule has 0 aliphatic carbocycles. The SMILES string of the molecule is Cc1ccc(C)c(OC(C)C(=O)Nc2ccc(-c3ccc(NC(=O)C(C)Oc4cc(C)ccc4C)c(C)c3)cc2C)c1. The lowest BCUT2D eigenvalue weighted by Gasteiger charge is -2.18. The molecule has 0 aliphatic rings. The molecule has 0 heterocycles. The van der Waals surface area contributed by atoms with Gasteiger partial charge in [-0.05, 0) is 136 Å². The van der Waals surface area contributed by atoms with E-state index in [2.05, 4.69) is 10.6 Å². The van der Waals surface area contributed by atoms with E-state index in [4.69, 9.17) is 9.47 Å². The summed E-state index contributed by atoms with van der Waals surface area (Å²) in [5.41, 5.74) is 9.50. The fraction of sp³-hybridized carbons (Fsp3) is 0.278. The monoisotopic (exact) mass is 564 g/mol. The molecule has 2 N–H and O–H groups in total. The van der Waals surface area contributed by atoms with Crippen LogP contribution in [0.25, 0.3) is 11.1 Å². The minimum atomic E-state index is -0.649. The van der Waals surface area contributed by atoms with Crippen molar-refractivity contribution in [1.29, 1.82) is 0 Å². The normalized spacial score (nSPS) is 12.3. The van der Waals surface area contributed by atoms with Gasteiger partial charge in [-0.25, -0.2) is 0 Å². The molecular formula is C36H40N2O4. The largest absolute Gasteiger partial charge is 0.481 e. The fourth-order valence-electron chi connectivity index (χ4n) is 4.59. The molecule has 0 aromatic heterocycles. The van der Waals surface area contributed by atoms with Crippen molar-refractivity contribution in [1.82, 2.24) is 0 Å². The van der Waals surface area contributed by atoms with Crippen LogP contribution in [-0.4, -0.2) is 24.0 Å². The number of nitrogens with one attached hydrogen (secondary N) is 2. The maximum Gasteiger partial charge on any atom is 0.265 e. The third kappa shape index (κ3) is 7.38. The zero-order valence-electron chi connectivity index (χ0n) is 25.7. The van der Waals surface area contributed by atoms with Crippen LogP contribution < -0.4 is 20.1 Å². The average molecular weight is 565 g/mol. The molecular weight excluding hydrogens is 524 g/mol. The smallest absolute Gasteiger partial charge is 0.265 e. The number of anilines is 2. The predicted octanol–water partition coefficient (Wildman–Crippen LogP) is 8.02. The molecule has 0 fully saturated rings. The van der Waals surface area contributed by atoms with E-state index in [-0.39, 0.29) is 11.8 Å². The first-order valence-corrected chi connectivity index (χ1v) is 14.2. The van der Waals surface area contributed by atoms with E-state index in [9.17, 15) is 9.59 Å². The Morgan fingerprint density at radius 1 is 0.524 bits per heavy atom. The van der Waals surface area contributed by atoms with E-state index in [1.807, 2.05) is 114 Å². The molecule has 6 nitrogen and oxygen atoms in total. The van der Waals surface area contributed by atoms with Gasteiger partial charge in [0.15, 0.2) is 12.2 Å². The number of carbonyl (C=O) groups is 2. The number of hydrogen-bond acceptors (Lipinski definition) is 4. The van der Waals surface area contributed by atoms with Gasteiger partial charge in [-0.2, -0.15) is 0 Å². The second kappa shape index (κ2) is 12.9. The van der Waals surface area contributed by atoms with Crippen molar-refractivity contribution in [2.24, 2.45) is 0 Å². The highest BCUT2D eigenvalue weighted by Crippen LogP contribution is 2.29. The van der Waals surface area contributed by atoms with Crippen LogP contribution >= 0.6 is 0 Å². The second-order valence-corrected chi connectivity index (χ2v) is 11.1. The highest BCUT2D eigenvalue weighted by atomic mass is 16.5. The summed E-state index contributed by atoms with van der Waals surface area (Å²) >= 11 is 0. The van der Waals surface area contributed by atoms with Crippen LogP contribution in [0.3, 0.4) is 0 Å². The Bertz CT molecular complexity index is 1500. The van der Waals surface area contributed by atoms with Crippen molar-refractivity contribution < 1.29 is 19.1 Å². The van der Waals surface area contributed by atoms with Crippen LogP contribution in [0.4, 0.5) is 11.4 Å². The molecule has 0 aliphatic heterocycles. The summed E-state index contributed by atoms with van der Waals surface area (Å²) in [7, 11) is 0. The topological polar surface area (TPSA) is 76.7 Å². The van der Waals surface area contributed by atoms with E-state index >= 15 is 0 Å². The van der Waals surface area contributed by atoms with Crippen LogP contribution in [-0.2, 0) is 9.59 Å². The highest BCUT2D eigenvalue weighted by molar-refractivity contribution is 5.96. The molecule has 0 saturated carbocycles. The second-order valence-electron chi connectivity index (χ2n) is 11.1. The van der Waals surface area contributed by atoms with Crippen molar-refractivity contribution in [3.05, 3.63) is 106 Å². The van der Waals surface area contributed by atoms with Gasteiger partial charge in [0.05, 0.1) is 0 Å². The highest BCUT2D eigenvalue weighted by Gasteiger charge is 2.19. The van der Waals surface area contributed by atoms with E-state index in [0.29, 0.717) is 11.5 Å². The molecule has 42 heavy (non-hydrogen) atoms. The Hall–Kier alpha value is -4.58. The van der Waals surface area contributed by atoms with Crippen LogP contribution in [0.2, 0.25) is 0 Å². The molecule has 4 aromatic rings. The van der Waals surface area contributed by atoms with Crippen LogP contribution in [0.1, 0.15) is 47.2 Å². The van der Waals surface area contributed by atoms with Crippen LogP contribution in [0.15, 0.2) is 72.8 Å². The van der Waals surface area contributed by atoms with Gasteiger partial charge >= 0.3 is 0 Å². The Labute approximate surface area is 249 Å². The molecule has 0 bridgehead atoms. The van der Waals surface area contributed by atoms with Crippen molar-refractivity contribution in [3.63, 3.8) is 0 Å². The molecule has 2 unspecified atom stereocenters. The Morgan fingerprint density at radius 2 is 0.905 bits per heavy atom. The van der Waals surface area contributed by atoms with Gasteiger partial charge in [-0.1, -0.05) is 36.4 Å². The summed E-state index contributed by atoms with van der Waals surface area (Å²) in [5.74, 6) is 1.00. The average Bonchev–Trinajstić information content (AvgIpc) is 2.94. The summed E-state index contributed by atoms with van der Waals surface area (Å²) in [6.07, 6.45) is -1.30. The van der Waals surface area contributed by atoms with Gasteiger partial charge in [0.2, 0.25) is 0 Å². The maximum atomic E-state index is 12.9. The molecule has 0 saturated heterocycles. The Morgan fingerprint density at radius 3 is 1.26 bits per heavy atom. The first-order chi connectivity index (χ1) is 19.9. The van der Waals surface area contributed by atoms with E-state index in [1.54, 1.807) is 13.8 Å². The standard InChI is InChI=1S/C36H40N2O4/c1-21-9-11-23(3)33(17-21)41-27(7)35(39)37-31-15-13-29(19-25(31)5)30-14-16-32(26(6)20-30)38-36(40)28(8)42-34-18-22(2)10-12-24(34)4/h9-20,27-28H,1-8H3,(H,37,39)(H,38,40). The number of carbonyl (C=O) groups excluding carboxylic acids is 2. The van der Waals surface area contributed by atoms with Crippen molar-refractivity contribution >= 4 is 23.2 Å². The number of benzene rings is 4. The molecule has 0 spiro atoms. The Balaban J connectivity index is 1.40. The molecule has 6 heteroatoms. The zero-order valence-corrected chi connectivity index (χ0v) is 25.7. The van der Waals surface area contributed by atoms with Gasteiger partial charge in [-0.3, -0.25) is 9.59 Å². The molecule has 0 radical (unpaired) electrons. The zero-order chi connectivity index (χ0) is 30.6. The summed E-state index contributed by atoms with van der Waals surface area (Å²) in [6, 6.07) is 23.8. The number of hydrogen-bond donors (Lipinski definition) is 2. The molecule has 2 atom stereocenters. The first-order valence-electron chi connectivity index (χ1n) is 14.2. The first kappa shape index (κ1) is 30.4. The number of rotatable bonds is 9. The summed E-state index contributed by atoms with van der Waals surface area (Å²) in [5, 5.41) is 5.99. The number of amides is 2. The quantitative estimate of drug-likeness (QED) is 0.216. The van der Waals surface area contributed by atoms with E-state index in [1.165, 1.54) is 0 Å². The molecule has 4 aromatic carbocycles. The lowest BCUT2D eigenvalue weighted by atomic mass is 9.99. The lowest BCUT2D eigenvalue weighted by molar-refractivity contribution is -0.122. The molecule has 2 amide bonds. The third-order valence-corrected chi connectivity index (χ3v) is 7.34. The summed E-state index contributed by atoms with van der Waals surface area (Å²) in [4.78, 5) is 25.8. The van der Waals surface area contributed by atoms with E-state index in [0.717, 1.165) is 55.9 Å². The van der Waals surface area contributed by atoms with Crippen molar-refractivity contribution in [3.8, 4) is 22.6 Å². The third-order valence-electron chi connectivity index (χ3n) is 7.34.